The zero-order valence-corrected chi connectivity index (χ0v) is 12.5. The minimum Gasteiger partial charge on any atom is -0.370 e. The van der Waals surface area contributed by atoms with Crippen LogP contribution in [0.3, 0.4) is 0 Å². The van der Waals surface area contributed by atoms with Gasteiger partial charge in [-0.15, -0.1) is 0 Å². The highest BCUT2D eigenvalue weighted by atomic mass is 15.2. The van der Waals surface area contributed by atoms with E-state index in [-0.39, 0.29) is 0 Å². The first-order valence-corrected chi connectivity index (χ1v) is 7.33. The molecule has 2 N–H and O–H groups in total. The molecule has 0 bridgehead atoms. The lowest BCUT2D eigenvalue weighted by Gasteiger charge is -2.38. The number of rotatable bonds is 4. The molecule has 19 heavy (non-hydrogen) atoms. The average Bonchev–Trinajstić information content (AvgIpc) is 2.39. The van der Waals surface area contributed by atoms with Crippen LogP contribution in [0.4, 0.5) is 5.69 Å². The van der Waals surface area contributed by atoms with Crippen LogP contribution < -0.4 is 10.6 Å². The number of likely N-dealkylation sites (N-methyl/N-ethyl adjacent to an activating group) is 1. The van der Waals surface area contributed by atoms with Crippen molar-refractivity contribution in [2.75, 3.05) is 38.6 Å². The molecule has 0 aromatic heterocycles. The van der Waals surface area contributed by atoms with Crippen LogP contribution in [0, 0.1) is 6.92 Å². The summed E-state index contributed by atoms with van der Waals surface area (Å²) < 4.78 is 0. The molecule has 1 aromatic carbocycles. The number of benzene rings is 1. The van der Waals surface area contributed by atoms with E-state index in [2.05, 4.69) is 49.0 Å². The van der Waals surface area contributed by atoms with Crippen LogP contribution in [-0.4, -0.2) is 44.7 Å². The molecule has 3 heteroatoms. The summed E-state index contributed by atoms with van der Waals surface area (Å²) in [7, 11) is 4.37. The van der Waals surface area contributed by atoms with Gasteiger partial charge in [0.25, 0.3) is 0 Å². The highest BCUT2D eigenvalue weighted by Gasteiger charge is 2.22. The number of hydrogen-bond acceptors (Lipinski definition) is 3. The van der Waals surface area contributed by atoms with Crippen molar-refractivity contribution in [2.45, 2.75) is 32.2 Å². The van der Waals surface area contributed by atoms with Crippen molar-refractivity contribution in [3.8, 4) is 0 Å². The molecule has 2 rings (SSSR count). The van der Waals surface area contributed by atoms with Crippen LogP contribution in [0.25, 0.3) is 0 Å². The Hall–Kier alpha value is -1.06. The van der Waals surface area contributed by atoms with Crippen LogP contribution in [0.1, 0.15) is 24.0 Å². The third-order valence-corrected chi connectivity index (χ3v) is 4.16. The third kappa shape index (κ3) is 3.48. The Balaban J connectivity index is 2.12. The molecule has 1 aliphatic heterocycles. The summed E-state index contributed by atoms with van der Waals surface area (Å²) in [5, 5.41) is 0. The van der Waals surface area contributed by atoms with Crippen molar-refractivity contribution in [3.05, 3.63) is 29.3 Å². The van der Waals surface area contributed by atoms with Crippen LogP contribution in [0.15, 0.2) is 18.2 Å². The fraction of sp³-hybridized carbons (Fsp3) is 0.625. The van der Waals surface area contributed by atoms with Gasteiger partial charge in [-0.05, 0) is 64.0 Å². The summed E-state index contributed by atoms with van der Waals surface area (Å²) in [4.78, 5) is 4.89. The van der Waals surface area contributed by atoms with E-state index in [0.717, 1.165) is 19.5 Å². The molecular formula is C16H27N3. The molecule has 0 aliphatic carbocycles. The zero-order valence-electron chi connectivity index (χ0n) is 12.5. The van der Waals surface area contributed by atoms with Gasteiger partial charge >= 0.3 is 0 Å². The van der Waals surface area contributed by atoms with Crippen LogP contribution >= 0.6 is 0 Å². The van der Waals surface area contributed by atoms with E-state index in [1.807, 2.05) is 0 Å². The molecule has 1 aliphatic rings. The molecule has 1 atom stereocenters. The second-order valence-corrected chi connectivity index (χ2v) is 5.87. The van der Waals surface area contributed by atoms with E-state index in [9.17, 15) is 0 Å². The maximum Gasteiger partial charge on any atom is 0.0396 e. The van der Waals surface area contributed by atoms with Gasteiger partial charge in [-0.25, -0.2) is 0 Å². The van der Waals surface area contributed by atoms with E-state index in [0.29, 0.717) is 6.04 Å². The van der Waals surface area contributed by atoms with Gasteiger partial charge in [0.15, 0.2) is 0 Å². The van der Waals surface area contributed by atoms with Gasteiger partial charge in [-0.2, -0.15) is 0 Å². The molecule has 0 spiro atoms. The lowest BCUT2D eigenvalue weighted by Crippen LogP contribution is -2.45. The molecule has 3 nitrogen and oxygen atoms in total. The third-order valence-electron chi connectivity index (χ3n) is 4.16. The van der Waals surface area contributed by atoms with Gasteiger partial charge in [-0.1, -0.05) is 12.1 Å². The fourth-order valence-electron chi connectivity index (χ4n) is 2.99. The molecule has 1 heterocycles. The van der Waals surface area contributed by atoms with Crippen molar-refractivity contribution < 1.29 is 0 Å². The monoisotopic (exact) mass is 261 g/mol. The van der Waals surface area contributed by atoms with Crippen molar-refractivity contribution in [1.82, 2.24) is 4.90 Å². The van der Waals surface area contributed by atoms with Crippen molar-refractivity contribution >= 4 is 5.69 Å². The standard InChI is InChI=1S/C16H27N3/c1-13-11-14(8-9-17)6-7-16(13)19-10-4-5-15(12-19)18(2)3/h6-7,11,15H,4-5,8-10,12,17H2,1-3H3. The predicted molar refractivity (Wildman–Crippen MR) is 82.9 cm³/mol. The maximum absolute atomic E-state index is 5.63. The topological polar surface area (TPSA) is 32.5 Å². The van der Waals surface area contributed by atoms with E-state index < -0.39 is 0 Å². The number of piperidine rings is 1. The lowest BCUT2D eigenvalue weighted by molar-refractivity contribution is 0.258. The van der Waals surface area contributed by atoms with E-state index >= 15 is 0 Å². The molecule has 0 amide bonds. The summed E-state index contributed by atoms with van der Waals surface area (Å²) in [6.45, 7) is 5.27. The summed E-state index contributed by atoms with van der Waals surface area (Å²) in [5.74, 6) is 0. The van der Waals surface area contributed by atoms with E-state index in [4.69, 9.17) is 5.73 Å². The largest absolute Gasteiger partial charge is 0.370 e. The first-order valence-electron chi connectivity index (χ1n) is 7.33. The number of nitrogens with two attached hydrogens (primary N) is 1. The van der Waals surface area contributed by atoms with Gasteiger partial charge in [0.2, 0.25) is 0 Å². The fourth-order valence-corrected chi connectivity index (χ4v) is 2.99. The molecular weight excluding hydrogens is 234 g/mol. The average molecular weight is 261 g/mol. The molecule has 1 fully saturated rings. The highest BCUT2D eigenvalue weighted by molar-refractivity contribution is 5.55. The Kier molecular flexibility index (Phi) is 4.83. The lowest BCUT2D eigenvalue weighted by atomic mass is 10.0. The molecule has 1 aromatic rings. The first kappa shape index (κ1) is 14.4. The van der Waals surface area contributed by atoms with Gasteiger partial charge < -0.3 is 15.5 Å². The number of aryl methyl sites for hydroxylation is 1. The van der Waals surface area contributed by atoms with Crippen molar-refractivity contribution in [3.63, 3.8) is 0 Å². The zero-order chi connectivity index (χ0) is 13.8. The SMILES string of the molecule is Cc1cc(CCN)ccc1N1CCCC(N(C)C)C1. The summed E-state index contributed by atoms with van der Waals surface area (Å²) in [6.07, 6.45) is 3.57. The Bertz CT molecular complexity index is 414. The number of hydrogen-bond donors (Lipinski definition) is 1. The van der Waals surface area contributed by atoms with E-state index in [1.54, 1.807) is 0 Å². The molecule has 106 valence electrons. The predicted octanol–water partition coefficient (Wildman–Crippen LogP) is 2.03. The van der Waals surface area contributed by atoms with Gasteiger partial charge in [0.05, 0.1) is 0 Å². The molecule has 1 unspecified atom stereocenters. The summed E-state index contributed by atoms with van der Waals surface area (Å²) in [5.41, 5.74) is 9.75. The van der Waals surface area contributed by atoms with Crippen LogP contribution in [-0.2, 0) is 6.42 Å². The number of nitrogens with zero attached hydrogens (tertiary/aromatic N) is 2. The molecule has 0 radical (unpaired) electrons. The van der Waals surface area contributed by atoms with Crippen molar-refractivity contribution in [2.24, 2.45) is 5.73 Å². The quantitative estimate of drug-likeness (QED) is 0.900. The van der Waals surface area contributed by atoms with E-state index in [1.165, 1.54) is 36.2 Å². The minimum atomic E-state index is 0.678. The summed E-state index contributed by atoms with van der Waals surface area (Å²) >= 11 is 0. The first-order chi connectivity index (χ1) is 9.11. The Morgan fingerprint density at radius 1 is 1.37 bits per heavy atom. The van der Waals surface area contributed by atoms with Gasteiger partial charge in [0.1, 0.15) is 0 Å². The Morgan fingerprint density at radius 3 is 2.79 bits per heavy atom. The summed E-state index contributed by atoms with van der Waals surface area (Å²) in [6, 6.07) is 7.48. The minimum absolute atomic E-state index is 0.678. The second kappa shape index (κ2) is 6.40. The Morgan fingerprint density at radius 2 is 2.16 bits per heavy atom. The maximum atomic E-state index is 5.63. The van der Waals surface area contributed by atoms with Gasteiger partial charge in [-0.3, -0.25) is 0 Å². The molecule has 1 saturated heterocycles. The van der Waals surface area contributed by atoms with Crippen molar-refractivity contribution in [1.29, 1.82) is 0 Å². The second-order valence-electron chi connectivity index (χ2n) is 5.87. The normalized spacial score (nSPS) is 20.1. The van der Waals surface area contributed by atoms with Crippen LogP contribution in [0.2, 0.25) is 0 Å². The van der Waals surface area contributed by atoms with Crippen LogP contribution in [0.5, 0.6) is 0 Å². The Labute approximate surface area is 117 Å². The number of anilines is 1. The van der Waals surface area contributed by atoms with Gasteiger partial charge in [0, 0.05) is 24.8 Å². The smallest absolute Gasteiger partial charge is 0.0396 e. The highest BCUT2D eigenvalue weighted by Crippen LogP contribution is 2.26. The molecule has 0 saturated carbocycles.